The third-order valence-electron chi connectivity index (χ3n) is 3.86. The number of hydrogen-bond donors (Lipinski definition) is 1. The number of nitrogens with one attached hydrogen (secondary N) is 1. The molecule has 0 aliphatic carbocycles. The lowest BCUT2D eigenvalue weighted by molar-refractivity contribution is 0.432. The number of aryl methyl sites for hydroxylation is 1. The number of fused-ring (bicyclic) bond motifs is 1. The molecule has 19 heavy (non-hydrogen) atoms. The molecule has 0 saturated carbocycles. The van der Waals surface area contributed by atoms with Crippen molar-refractivity contribution in [3.63, 3.8) is 0 Å². The molecule has 0 radical (unpaired) electrons. The van der Waals surface area contributed by atoms with Crippen LogP contribution >= 0.6 is 0 Å². The molecule has 2 aromatic carbocycles. The summed E-state index contributed by atoms with van der Waals surface area (Å²) in [6, 6.07) is 16.7. The lowest BCUT2D eigenvalue weighted by atomic mass is 10.1. The van der Waals surface area contributed by atoms with Crippen LogP contribution in [-0.4, -0.2) is 17.3 Å². The number of benzene rings is 2. The summed E-state index contributed by atoms with van der Waals surface area (Å²) >= 11 is 0. The maximum Gasteiger partial charge on any atom is 0.128 e. The second-order valence-corrected chi connectivity index (χ2v) is 5.10. The maximum atomic E-state index is 8.23. The Morgan fingerprint density at radius 3 is 2.58 bits per heavy atom. The Morgan fingerprint density at radius 2 is 1.79 bits per heavy atom. The van der Waals surface area contributed by atoms with E-state index >= 15 is 0 Å². The number of amidine groups is 1. The standard InChI is InChI=1S/C17H18N2/c1-13-6-2-3-7-14(13)10-11-19-12-15-8-4-5-9-16(15)17(19)18/h2-9,18H,10-12H2,1H3. The summed E-state index contributed by atoms with van der Waals surface area (Å²) in [6.45, 7) is 3.94. The molecular weight excluding hydrogens is 232 g/mol. The van der Waals surface area contributed by atoms with Crippen LogP contribution in [0.1, 0.15) is 22.3 Å². The van der Waals surface area contributed by atoms with E-state index in [2.05, 4.69) is 48.2 Å². The molecular formula is C17H18N2. The maximum absolute atomic E-state index is 8.23. The minimum absolute atomic E-state index is 0.671. The van der Waals surface area contributed by atoms with Crippen molar-refractivity contribution >= 4 is 5.84 Å². The molecule has 0 unspecified atom stereocenters. The van der Waals surface area contributed by atoms with Gasteiger partial charge in [0.05, 0.1) is 0 Å². The first-order chi connectivity index (χ1) is 9.25. The second-order valence-electron chi connectivity index (χ2n) is 5.10. The monoisotopic (exact) mass is 250 g/mol. The molecule has 2 aromatic rings. The van der Waals surface area contributed by atoms with Gasteiger partial charge < -0.3 is 4.90 Å². The largest absolute Gasteiger partial charge is 0.352 e. The van der Waals surface area contributed by atoms with Crippen LogP contribution in [0, 0.1) is 12.3 Å². The molecule has 1 N–H and O–H groups in total. The highest BCUT2D eigenvalue weighted by atomic mass is 15.2. The zero-order valence-electron chi connectivity index (χ0n) is 11.2. The van der Waals surface area contributed by atoms with Crippen LogP contribution in [0.2, 0.25) is 0 Å². The Hall–Kier alpha value is -2.09. The Kier molecular flexibility index (Phi) is 3.08. The number of hydrogen-bond acceptors (Lipinski definition) is 1. The SMILES string of the molecule is Cc1ccccc1CCN1Cc2ccccc2C1=N. The fourth-order valence-electron chi connectivity index (χ4n) is 2.68. The van der Waals surface area contributed by atoms with Gasteiger partial charge in [-0.25, -0.2) is 0 Å². The Labute approximate surface area is 114 Å². The average molecular weight is 250 g/mol. The zero-order valence-corrected chi connectivity index (χ0v) is 11.2. The van der Waals surface area contributed by atoms with Gasteiger partial charge in [0.15, 0.2) is 0 Å². The third kappa shape index (κ3) is 2.26. The zero-order chi connectivity index (χ0) is 13.2. The van der Waals surface area contributed by atoms with Crippen LogP contribution in [0.3, 0.4) is 0 Å². The molecule has 1 aliphatic heterocycles. The number of rotatable bonds is 3. The van der Waals surface area contributed by atoms with Crippen molar-refractivity contribution in [3.05, 3.63) is 70.8 Å². The van der Waals surface area contributed by atoms with E-state index in [0.29, 0.717) is 5.84 Å². The van der Waals surface area contributed by atoms with Gasteiger partial charge in [0, 0.05) is 18.7 Å². The molecule has 96 valence electrons. The van der Waals surface area contributed by atoms with Crippen LogP contribution < -0.4 is 0 Å². The first-order valence-electron chi connectivity index (χ1n) is 6.72. The van der Waals surface area contributed by atoms with Gasteiger partial charge in [-0.05, 0) is 30.0 Å². The van der Waals surface area contributed by atoms with Gasteiger partial charge in [0.2, 0.25) is 0 Å². The molecule has 0 spiro atoms. The van der Waals surface area contributed by atoms with Gasteiger partial charge in [-0.15, -0.1) is 0 Å². The molecule has 0 amide bonds. The van der Waals surface area contributed by atoms with Crippen LogP contribution in [0.4, 0.5) is 0 Å². The summed E-state index contributed by atoms with van der Waals surface area (Å²) in [5.41, 5.74) is 5.08. The van der Waals surface area contributed by atoms with Crippen molar-refractivity contribution in [2.45, 2.75) is 19.9 Å². The highest BCUT2D eigenvalue weighted by Gasteiger charge is 2.22. The molecule has 0 bridgehead atoms. The van der Waals surface area contributed by atoms with Gasteiger partial charge in [0.1, 0.15) is 5.84 Å². The molecule has 0 saturated heterocycles. The van der Waals surface area contributed by atoms with Crippen LogP contribution in [-0.2, 0) is 13.0 Å². The quantitative estimate of drug-likeness (QED) is 0.888. The Balaban J connectivity index is 1.71. The number of nitrogens with zero attached hydrogens (tertiary/aromatic N) is 1. The van der Waals surface area contributed by atoms with Gasteiger partial charge >= 0.3 is 0 Å². The normalized spacial score (nSPS) is 13.7. The minimum atomic E-state index is 0.671. The summed E-state index contributed by atoms with van der Waals surface area (Å²) in [4.78, 5) is 2.16. The van der Waals surface area contributed by atoms with E-state index in [1.165, 1.54) is 16.7 Å². The minimum Gasteiger partial charge on any atom is -0.352 e. The van der Waals surface area contributed by atoms with Crippen LogP contribution in [0.15, 0.2) is 48.5 Å². The van der Waals surface area contributed by atoms with E-state index in [1.54, 1.807) is 0 Å². The Bertz CT molecular complexity index is 616. The first kappa shape index (κ1) is 12.0. The van der Waals surface area contributed by atoms with Crippen molar-refractivity contribution in [2.24, 2.45) is 0 Å². The predicted octanol–water partition coefficient (Wildman–Crippen LogP) is 3.38. The predicted molar refractivity (Wildman–Crippen MR) is 78.6 cm³/mol. The highest BCUT2D eigenvalue weighted by molar-refractivity contribution is 6.00. The average Bonchev–Trinajstić information content (AvgIpc) is 2.75. The van der Waals surface area contributed by atoms with Gasteiger partial charge in [0.25, 0.3) is 0 Å². The summed E-state index contributed by atoms with van der Waals surface area (Å²) < 4.78 is 0. The van der Waals surface area contributed by atoms with E-state index in [4.69, 9.17) is 5.41 Å². The van der Waals surface area contributed by atoms with E-state index in [1.807, 2.05) is 12.1 Å². The molecule has 2 heteroatoms. The van der Waals surface area contributed by atoms with Crippen LogP contribution in [0.25, 0.3) is 0 Å². The van der Waals surface area contributed by atoms with Crippen molar-refractivity contribution in [3.8, 4) is 0 Å². The van der Waals surface area contributed by atoms with Gasteiger partial charge in [-0.1, -0.05) is 48.5 Å². The third-order valence-corrected chi connectivity index (χ3v) is 3.86. The lowest BCUT2D eigenvalue weighted by Gasteiger charge is -2.18. The fraction of sp³-hybridized carbons (Fsp3) is 0.235. The summed E-state index contributed by atoms with van der Waals surface area (Å²) in [6.07, 6.45) is 1.00. The van der Waals surface area contributed by atoms with Crippen molar-refractivity contribution < 1.29 is 0 Å². The molecule has 1 heterocycles. The molecule has 3 rings (SSSR count). The topological polar surface area (TPSA) is 27.1 Å². The van der Waals surface area contributed by atoms with E-state index < -0.39 is 0 Å². The highest BCUT2D eigenvalue weighted by Crippen LogP contribution is 2.22. The van der Waals surface area contributed by atoms with E-state index in [9.17, 15) is 0 Å². The van der Waals surface area contributed by atoms with Crippen molar-refractivity contribution in [1.82, 2.24) is 4.90 Å². The van der Waals surface area contributed by atoms with E-state index in [-0.39, 0.29) is 0 Å². The molecule has 0 aromatic heterocycles. The summed E-state index contributed by atoms with van der Waals surface area (Å²) in [7, 11) is 0. The Morgan fingerprint density at radius 1 is 1.05 bits per heavy atom. The first-order valence-corrected chi connectivity index (χ1v) is 6.72. The van der Waals surface area contributed by atoms with E-state index in [0.717, 1.165) is 25.1 Å². The summed E-state index contributed by atoms with van der Waals surface area (Å²) in [5, 5.41) is 8.23. The smallest absolute Gasteiger partial charge is 0.128 e. The lowest BCUT2D eigenvalue weighted by Crippen LogP contribution is -2.26. The van der Waals surface area contributed by atoms with Gasteiger partial charge in [-0.3, -0.25) is 5.41 Å². The van der Waals surface area contributed by atoms with Crippen LogP contribution in [0.5, 0.6) is 0 Å². The van der Waals surface area contributed by atoms with Crippen molar-refractivity contribution in [1.29, 1.82) is 5.41 Å². The molecule has 0 fully saturated rings. The molecule has 2 nitrogen and oxygen atoms in total. The molecule has 0 atom stereocenters. The molecule has 1 aliphatic rings. The van der Waals surface area contributed by atoms with Crippen molar-refractivity contribution in [2.75, 3.05) is 6.54 Å². The van der Waals surface area contributed by atoms with Gasteiger partial charge in [-0.2, -0.15) is 0 Å². The summed E-state index contributed by atoms with van der Waals surface area (Å²) in [5.74, 6) is 0.671. The fourth-order valence-corrected chi connectivity index (χ4v) is 2.68. The second kappa shape index (κ2) is 4.88.